The third-order valence-electron chi connectivity index (χ3n) is 4.83. The summed E-state index contributed by atoms with van der Waals surface area (Å²) in [6.45, 7) is 3.84. The lowest BCUT2D eigenvalue weighted by molar-refractivity contribution is -0.0628. The largest absolute Gasteiger partial charge is 0.385 e. The first-order valence-electron chi connectivity index (χ1n) is 7.37. The van der Waals surface area contributed by atoms with Crippen LogP contribution in [-0.4, -0.2) is 42.6 Å². The third kappa shape index (κ3) is 1.97. The maximum absolute atomic E-state index is 13.3. The van der Waals surface area contributed by atoms with Gasteiger partial charge in [0, 0.05) is 11.8 Å². The van der Waals surface area contributed by atoms with Gasteiger partial charge in [0.2, 0.25) is 0 Å². The zero-order valence-corrected chi connectivity index (χ0v) is 13.1. The number of rotatable bonds is 2. The van der Waals surface area contributed by atoms with Crippen LogP contribution in [-0.2, 0) is 4.74 Å². The fourth-order valence-corrected chi connectivity index (χ4v) is 3.84. The van der Waals surface area contributed by atoms with E-state index in [1.54, 1.807) is 0 Å². The molecule has 1 saturated heterocycles. The SMILES string of the molecule is C=C1CC[C@@]2(O)[C@@H]1O[C@@H](n1cc(C(F)F)c3c(Cl)ncnc31)[C@@H]2O. The Kier molecular flexibility index (Phi) is 3.44. The zero-order chi connectivity index (χ0) is 17.2. The Morgan fingerprint density at radius 1 is 1.46 bits per heavy atom. The number of aliphatic hydroxyl groups excluding tert-OH is 1. The molecule has 4 atom stereocenters. The Morgan fingerprint density at radius 2 is 2.21 bits per heavy atom. The van der Waals surface area contributed by atoms with Crippen LogP contribution < -0.4 is 0 Å². The predicted molar refractivity (Wildman–Crippen MR) is 80.7 cm³/mol. The summed E-state index contributed by atoms with van der Waals surface area (Å²) >= 11 is 5.94. The van der Waals surface area contributed by atoms with Crippen molar-refractivity contribution in [2.45, 2.75) is 43.3 Å². The Hall–Kier alpha value is -1.61. The highest BCUT2D eigenvalue weighted by Gasteiger charge is 2.59. The number of ether oxygens (including phenoxy) is 1. The summed E-state index contributed by atoms with van der Waals surface area (Å²) in [4.78, 5) is 7.73. The van der Waals surface area contributed by atoms with Crippen LogP contribution in [0.1, 0.15) is 31.1 Å². The second-order valence-electron chi connectivity index (χ2n) is 6.16. The standard InChI is InChI=1S/C15H14ClF2N3O3/c1-6-2-3-15(23)9(22)14(24-10(6)15)21-4-7(12(17)18)8-11(16)19-5-20-13(8)21/h4-5,9-10,12,14,22-23H,1-3H2/t9-,10+,14+,15-/m0/s1. The van der Waals surface area contributed by atoms with E-state index in [2.05, 4.69) is 16.5 Å². The summed E-state index contributed by atoms with van der Waals surface area (Å²) in [6.07, 6.45) is -2.81. The first kappa shape index (κ1) is 15.9. The van der Waals surface area contributed by atoms with Crippen molar-refractivity contribution in [1.82, 2.24) is 14.5 Å². The van der Waals surface area contributed by atoms with Gasteiger partial charge in [0.1, 0.15) is 34.9 Å². The molecule has 1 aliphatic heterocycles. The van der Waals surface area contributed by atoms with Crippen LogP contribution in [0.15, 0.2) is 24.7 Å². The number of aliphatic hydroxyl groups is 2. The van der Waals surface area contributed by atoms with Gasteiger partial charge in [0.15, 0.2) is 6.23 Å². The van der Waals surface area contributed by atoms with E-state index in [0.29, 0.717) is 18.4 Å². The van der Waals surface area contributed by atoms with Gasteiger partial charge < -0.3 is 19.5 Å². The average molecular weight is 358 g/mol. The first-order chi connectivity index (χ1) is 11.3. The quantitative estimate of drug-likeness (QED) is 0.637. The summed E-state index contributed by atoms with van der Waals surface area (Å²) in [5.41, 5.74) is -1.06. The van der Waals surface area contributed by atoms with Crippen molar-refractivity contribution < 1.29 is 23.7 Å². The molecular formula is C15H14ClF2N3O3. The summed E-state index contributed by atoms with van der Waals surface area (Å²) in [5, 5.41) is 21.2. The van der Waals surface area contributed by atoms with E-state index in [0.717, 1.165) is 12.5 Å². The Balaban J connectivity index is 1.86. The maximum atomic E-state index is 13.3. The first-order valence-corrected chi connectivity index (χ1v) is 7.75. The molecule has 0 spiro atoms. The zero-order valence-electron chi connectivity index (χ0n) is 12.4. The summed E-state index contributed by atoms with van der Waals surface area (Å²) < 4.78 is 33.7. The van der Waals surface area contributed by atoms with E-state index in [1.165, 1.54) is 4.57 Å². The van der Waals surface area contributed by atoms with Crippen molar-refractivity contribution in [1.29, 1.82) is 0 Å². The predicted octanol–water partition coefficient (Wildman–Crippen LogP) is 2.36. The number of hydrogen-bond donors (Lipinski definition) is 2. The number of halogens is 3. The lowest BCUT2D eigenvalue weighted by Crippen LogP contribution is -2.44. The highest BCUT2D eigenvalue weighted by molar-refractivity contribution is 6.34. The molecule has 2 aliphatic rings. The molecule has 1 aliphatic carbocycles. The molecule has 2 aromatic heterocycles. The summed E-state index contributed by atoms with van der Waals surface area (Å²) in [7, 11) is 0. The number of nitrogens with zero attached hydrogens (tertiary/aromatic N) is 3. The van der Waals surface area contributed by atoms with Gasteiger partial charge in [0.05, 0.1) is 5.39 Å². The molecule has 0 bridgehead atoms. The lowest BCUT2D eigenvalue weighted by atomic mass is 9.94. The third-order valence-corrected chi connectivity index (χ3v) is 5.12. The minimum absolute atomic E-state index is 0.00726. The molecule has 9 heteroatoms. The van der Waals surface area contributed by atoms with Gasteiger partial charge in [-0.1, -0.05) is 18.2 Å². The summed E-state index contributed by atoms with van der Waals surface area (Å²) in [6, 6.07) is 0. The molecule has 2 aromatic rings. The second kappa shape index (κ2) is 5.19. The Bertz CT molecular complexity index is 843. The van der Waals surface area contributed by atoms with Crippen LogP contribution in [0.3, 0.4) is 0 Å². The molecule has 24 heavy (non-hydrogen) atoms. The van der Waals surface area contributed by atoms with Gasteiger partial charge >= 0.3 is 0 Å². The molecule has 0 amide bonds. The molecule has 0 radical (unpaired) electrons. The number of hydrogen-bond acceptors (Lipinski definition) is 5. The van der Waals surface area contributed by atoms with E-state index in [-0.39, 0.29) is 21.7 Å². The van der Waals surface area contributed by atoms with Crippen LogP contribution in [0.5, 0.6) is 0 Å². The van der Waals surface area contributed by atoms with Gasteiger partial charge in [-0.2, -0.15) is 0 Å². The van der Waals surface area contributed by atoms with Crippen molar-refractivity contribution in [3.63, 3.8) is 0 Å². The average Bonchev–Trinajstić information content (AvgIpc) is 3.13. The highest BCUT2D eigenvalue weighted by atomic mass is 35.5. The number of aromatic nitrogens is 3. The molecular weight excluding hydrogens is 344 g/mol. The van der Waals surface area contributed by atoms with E-state index in [4.69, 9.17) is 16.3 Å². The van der Waals surface area contributed by atoms with E-state index < -0.39 is 30.5 Å². The fraction of sp³-hybridized carbons (Fsp3) is 0.467. The minimum Gasteiger partial charge on any atom is -0.385 e. The Labute approximate surface area is 140 Å². The second-order valence-corrected chi connectivity index (χ2v) is 6.51. The molecule has 3 heterocycles. The molecule has 2 fully saturated rings. The van der Waals surface area contributed by atoms with Crippen molar-refractivity contribution >= 4 is 22.6 Å². The smallest absolute Gasteiger partial charge is 0.266 e. The van der Waals surface area contributed by atoms with Crippen molar-refractivity contribution in [3.05, 3.63) is 35.4 Å². The molecule has 0 aromatic carbocycles. The van der Waals surface area contributed by atoms with Gasteiger partial charge in [-0.3, -0.25) is 0 Å². The lowest BCUT2D eigenvalue weighted by Gasteiger charge is -2.25. The summed E-state index contributed by atoms with van der Waals surface area (Å²) in [5.74, 6) is 0. The minimum atomic E-state index is -2.80. The van der Waals surface area contributed by atoms with Crippen LogP contribution in [0.25, 0.3) is 11.0 Å². The van der Waals surface area contributed by atoms with Crippen molar-refractivity contribution in [2.24, 2.45) is 0 Å². The van der Waals surface area contributed by atoms with Crippen molar-refractivity contribution in [2.75, 3.05) is 0 Å². The normalized spacial score (nSPS) is 32.9. The van der Waals surface area contributed by atoms with Gasteiger partial charge in [0.25, 0.3) is 6.43 Å². The van der Waals surface area contributed by atoms with Crippen LogP contribution in [0.2, 0.25) is 5.15 Å². The van der Waals surface area contributed by atoms with Crippen molar-refractivity contribution in [3.8, 4) is 0 Å². The van der Waals surface area contributed by atoms with Gasteiger partial charge in [-0.05, 0) is 18.4 Å². The highest BCUT2D eigenvalue weighted by Crippen LogP contribution is 2.49. The number of fused-ring (bicyclic) bond motifs is 2. The maximum Gasteiger partial charge on any atom is 0.266 e. The van der Waals surface area contributed by atoms with Crippen LogP contribution >= 0.6 is 11.6 Å². The monoisotopic (exact) mass is 357 g/mol. The van der Waals surface area contributed by atoms with E-state index in [1.807, 2.05) is 0 Å². The molecule has 6 nitrogen and oxygen atoms in total. The molecule has 2 N–H and O–H groups in total. The van der Waals surface area contributed by atoms with E-state index >= 15 is 0 Å². The van der Waals surface area contributed by atoms with Crippen LogP contribution in [0, 0.1) is 0 Å². The molecule has 1 saturated carbocycles. The molecule has 4 rings (SSSR count). The molecule has 0 unspecified atom stereocenters. The van der Waals surface area contributed by atoms with Crippen LogP contribution in [0.4, 0.5) is 8.78 Å². The fourth-order valence-electron chi connectivity index (χ4n) is 3.61. The molecule has 128 valence electrons. The van der Waals surface area contributed by atoms with Gasteiger partial charge in [-0.15, -0.1) is 0 Å². The van der Waals surface area contributed by atoms with E-state index in [9.17, 15) is 19.0 Å². The topological polar surface area (TPSA) is 80.4 Å². The number of alkyl halides is 2. The van der Waals surface area contributed by atoms with Gasteiger partial charge in [-0.25, -0.2) is 18.7 Å². The Morgan fingerprint density at radius 3 is 2.88 bits per heavy atom.